The van der Waals surface area contributed by atoms with Crippen molar-refractivity contribution in [2.24, 2.45) is 58.2 Å². The van der Waals surface area contributed by atoms with Crippen LogP contribution in [0.1, 0.15) is 78.6 Å². The molecule has 0 aromatic rings. The number of carbonyl (C=O) groups is 1. The summed E-state index contributed by atoms with van der Waals surface area (Å²) in [5.74, 6) is 2.54. The van der Waals surface area contributed by atoms with E-state index in [1.807, 2.05) is 0 Å². The van der Waals surface area contributed by atoms with Gasteiger partial charge in [0.2, 0.25) is 5.91 Å². The highest BCUT2D eigenvalue weighted by Gasteiger charge is 2.64. The highest BCUT2D eigenvalue weighted by atomic mass is 32.2. The number of hydrogen-bond donors (Lipinski definition) is 4. The largest absolute Gasteiger partial charge is 0.393 e. The molecule has 0 bridgehead atoms. The minimum Gasteiger partial charge on any atom is -0.393 e. The molecule has 0 heterocycles. The van der Waals surface area contributed by atoms with Crippen molar-refractivity contribution in [1.29, 1.82) is 0 Å². The number of hydrogen-bond acceptors (Lipinski definition) is 5. The van der Waals surface area contributed by atoms with Gasteiger partial charge in [-0.3, -0.25) is 9.35 Å². The van der Waals surface area contributed by atoms with Gasteiger partial charge in [0.05, 0.1) is 18.0 Å². The third-order valence-corrected chi connectivity index (χ3v) is 12.6. The molecule has 0 aromatic carbocycles. The Bertz CT molecular complexity index is 940. The summed E-state index contributed by atoms with van der Waals surface area (Å²) in [5, 5.41) is 24.4. The number of aliphatic hydroxyl groups is 2. The fourth-order valence-corrected chi connectivity index (χ4v) is 10.3. The minimum absolute atomic E-state index is 0.0454. The molecule has 4 N–H and O–H groups in total. The van der Waals surface area contributed by atoms with Gasteiger partial charge >= 0.3 is 0 Å². The quantitative estimate of drug-likeness (QED) is 0.406. The summed E-state index contributed by atoms with van der Waals surface area (Å²) in [4.78, 5) is 12.6. The van der Waals surface area contributed by atoms with Gasteiger partial charge in [-0.2, -0.15) is 8.42 Å². The zero-order chi connectivity index (χ0) is 25.3. The first-order valence-corrected chi connectivity index (χ1v) is 15.5. The summed E-state index contributed by atoms with van der Waals surface area (Å²) in [6.45, 7) is 7.16. The maximum Gasteiger partial charge on any atom is 0.266 e. The van der Waals surface area contributed by atoms with E-state index in [0.717, 1.165) is 51.4 Å². The molecule has 5 saturated carbocycles. The van der Waals surface area contributed by atoms with E-state index in [4.69, 9.17) is 4.55 Å². The van der Waals surface area contributed by atoms with Crippen molar-refractivity contribution in [2.75, 3.05) is 12.3 Å². The summed E-state index contributed by atoms with van der Waals surface area (Å²) in [6.07, 6.45) is 8.67. The molecule has 200 valence electrons. The second-order valence-electron chi connectivity index (χ2n) is 13.4. The molecule has 0 radical (unpaired) electrons. The van der Waals surface area contributed by atoms with Crippen LogP contribution in [0.4, 0.5) is 0 Å². The normalized spacial score (nSPS) is 49.9. The fraction of sp³-hybridized carbons (Fsp3) is 0.963. The average Bonchev–Trinajstić information content (AvgIpc) is 3.49. The number of fused-ring (bicyclic) bond motifs is 5. The topological polar surface area (TPSA) is 124 Å². The predicted molar refractivity (Wildman–Crippen MR) is 133 cm³/mol. The van der Waals surface area contributed by atoms with Gasteiger partial charge in [-0.1, -0.05) is 20.8 Å². The third-order valence-electron chi connectivity index (χ3n) is 11.9. The Morgan fingerprint density at radius 1 is 1.00 bits per heavy atom. The molecule has 0 aromatic heterocycles. The van der Waals surface area contributed by atoms with Crippen LogP contribution >= 0.6 is 0 Å². The zero-order valence-electron chi connectivity index (χ0n) is 21.5. The number of amides is 1. The van der Waals surface area contributed by atoms with Crippen LogP contribution in [0.15, 0.2) is 0 Å². The van der Waals surface area contributed by atoms with Crippen LogP contribution in [0, 0.1) is 58.2 Å². The number of carbonyl (C=O) groups excluding carboxylic acids is 1. The summed E-state index contributed by atoms with van der Waals surface area (Å²) in [7, 11) is -4.07. The van der Waals surface area contributed by atoms with Crippen LogP contribution in [0.3, 0.4) is 0 Å². The molecule has 5 aliphatic rings. The van der Waals surface area contributed by atoms with E-state index < -0.39 is 15.9 Å². The van der Waals surface area contributed by atoms with E-state index in [-0.39, 0.29) is 41.4 Å². The van der Waals surface area contributed by atoms with Gasteiger partial charge in [-0.15, -0.1) is 0 Å². The van der Waals surface area contributed by atoms with E-state index >= 15 is 0 Å². The van der Waals surface area contributed by atoms with Crippen LogP contribution in [0.5, 0.6) is 0 Å². The van der Waals surface area contributed by atoms with Gasteiger partial charge in [0.25, 0.3) is 10.1 Å². The molecular formula is C27H45NO6S. The Morgan fingerprint density at radius 2 is 1.69 bits per heavy atom. The second kappa shape index (κ2) is 8.95. The third kappa shape index (κ3) is 4.48. The van der Waals surface area contributed by atoms with Gasteiger partial charge in [-0.25, -0.2) is 0 Å². The summed E-state index contributed by atoms with van der Waals surface area (Å²) in [5.41, 5.74) is 0.420. The first kappa shape index (κ1) is 25.9. The lowest BCUT2D eigenvalue weighted by molar-refractivity contribution is -0.174. The zero-order valence-corrected chi connectivity index (χ0v) is 22.3. The van der Waals surface area contributed by atoms with Crippen molar-refractivity contribution < 1.29 is 28.0 Å². The van der Waals surface area contributed by atoms with Gasteiger partial charge in [-0.05, 0) is 110 Å². The summed E-state index contributed by atoms with van der Waals surface area (Å²) < 4.78 is 30.7. The molecule has 0 spiro atoms. The summed E-state index contributed by atoms with van der Waals surface area (Å²) in [6, 6.07) is 0. The van der Waals surface area contributed by atoms with E-state index in [9.17, 15) is 23.4 Å². The molecule has 0 aliphatic heterocycles. The lowest BCUT2D eigenvalue weighted by Gasteiger charge is -2.62. The number of nitrogens with one attached hydrogen (secondary N) is 1. The van der Waals surface area contributed by atoms with Gasteiger partial charge in [0.1, 0.15) is 0 Å². The van der Waals surface area contributed by atoms with E-state index in [1.54, 1.807) is 0 Å². The van der Waals surface area contributed by atoms with Gasteiger partial charge < -0.3 is 15.5 Å². The van der Waals surface area contributed by atoms with Crippen LogP contribution in [0.25, 0.3) is 0 Å². The molecular weight excluding hydrogens is 466 g/mol. The summed E-state index contributed by atoms with van der Waals surface area (Å²) >= 11 is 0. The Morgan fingerprint density at radius 3 is 2.40 bits per heavy atom. The molecule has 4 unspecified atom stereocenters. The van der Waals surface area contributed by atoms with Crippen molar-refractivity contribution in [1.82, 2.24) is 5.32 Å². The maximum absolute atomic E-state index is 12.6. The van der Waals surface area contributed by atoms with Crippen molar-refractivity contribution in [3.63, 3.8) is 0 Å². The standard InChI is InChI=1S/C27H45NO6S/c1-15(18-14-19(18)25(31)28-10-11-35(32,33)34)20-4-5-21-24-22(7-9-27(20,21)3)26(2)8-6-17(29)12-16(26)13-23(24)30/h15-24,29-30H,4-14H2,1-3H3,(H,28,31)(H,32,33,34)/t15?,16-,17+,18?,19?,20+,21-,22-,23-,24?,26-,27+/m0/s1. The molecule has 8 heteroatoms. The second-order valence-corrected chi connectivity index (χ2v) is 15.0. The molecule has 35 heavy (non-hydrogen) atoms. The van der Waals surface area contributed by atoms with Crippen molar-refractivity contribution in [2.45, 2.75) is 90.8 Å². The van der Waals surface area contributed by atoms with Crippen molar-refractivity contribution in [3.05, 3.63) is 0 Å². The fourth-order valence-electron chi connectivity index (χ4n) is 9.93. The van der Waals surface area contributed by atoms with E-state index in [0.29, 0.717) is 41.4 Å². The Hall–Kier alpha value is -0.700. The highest BCUT2D eigenvalue weighted by Crippen LogP contribution is 2.69. The van der Waals surface area contributed by atoms with Crippen LogP contribution in [-0.4, -0.2) is 53.6 Å². The van der Waals surface area contributed by atoms with E-state index in [2.05, 4.69) is 26.1 Å². The Kier molecular flexibility index (Phi) is 6.63. The first-order valence-electron chi connectivity index (χ1n) is 13.9. The molecule has 1 amide bonds. The van der Waals surface area contributed by atoms with Crippen molar-refractivity contribution in [3.8, 4) is 0 Å². The Labute approximate surface area is 210 Å². The van der Waals surface area contributed by atoms with Gasteiger partial charge in [0.15, 0.2) is 0 Å². The molecule has 7 nitrogen and oxygen atoms in total. The van der Waals surface area contributed by atoms with Gasteiger partial charge in [0, 0.05) is 12.5 Å². The molecule has 5 rings (SSSR count). The molecule has 0 saturated heterocycles. The molecule has 12 atom stereocenters. The predicted octanol–water partition coefficient (Wildman–Crippen LogP) is 3.25. The maximum atomic E-state index is 12.6. The smallest absolute Gasteiger partial charge is 0.266 e. The van der Waals surface area contributed by atoms with Crippen LogP contribution in [0.2, 0.25) is 0 Å². The van der Waals surface area contributed by atoms with E-state index in [1.165, 1.54) is 6.42 Å². The first-order chi connectivity index (χ1) is 16.3. The monoisotopic (exact) mass is 511 g/mol. The van der Waals surface area contributed by atoms with Crippen molar-refractivity contribution >= 4 is 16.0 Å². The molecule has 5 aliphatic carbocycles. The Balaban J connectivity index is 1.25. The van der Waals surface area contributed by atoms with Crippen LogP contribution < -0.4 is 5.32 Å². The lowest BCUT2D eigenvalue weighted by Crippen LogP contribution is -2.58. The number of rotatable bonds is 6. The number of aliphatic hydroxyl groups excluding tert-OH is 2. The SMILES string of the molecule is CC(C1CC1C(=O)NCCS(=O)(=O)O)[C@H]1CC[C@H]2C3[C@@H](O)C[C@@H]4C[C@H](O)CC[C@]4(C)[C@H]3CC[C@]12C. The van der Waals surface area contributed by atoms with Crippen LogP contribution in [-0.2, 0) is 14.9 Å². The average molecular weight is 512 g/mol. The lowest BCUT2D eigenvalue weighted by atomic mass is 9.43. The molecule has 5 fully saturated rings. The highest BCUT2D eigenvalue weighted by molar-refractivity contribution is 7.85. The minimum atomic E-state index is -4.07.